The van der Waals surface area contributed by atoms with E-state index in [9.17, 15) is 0 Å². The van der Waals surface area contributed by atoms with Crippen LogP contribution in [0.5, 0.6) is 0 Å². The summed E-state index contributed by atoms with van der Waals surface area (Å²) in [6.45, 7) is 13.0. The van der Waals surface area contributed by atoms with Crippen molar-refractivity contribution in [2.24, 2.45) is 40.7 Å². The molecule has 0 aromatic carbocycles. The molecular weight excluding hydrogens is 296 g/mol. The second-order valence-corrected chi connectivity index (χ2v) is 10.1. The summed E-state index contributed by atoms with van der Waals surface area (Å²) in [4.78, 5) is 0. The van der Waals surface area contributed by atoms with Gasteiger partial charge in [0.25, 0.3) is 0 Å². The highest BCUT2D eigenvalue weighted by atomic mass is 14.9. The van der Waals surface area contributed by atoms with Gasteiger partial charge >= 0.3 is 0 Å². The first kappa shape index (κ1) is 21.9. The van der Waals surface area contributed by atoms with Gasteiger partial charge in [0.1, 0.15) is 0 Å². The lowest BCUT2D eigenvalue weighted by Gasteiger charge is -2.41. The van der Waals surface area contributed by atoms with E-state index >= 15 is 0 Å². The van der Waals surface area contributed by atoms with Gasteiger partial charge < -0.3 is 22.9 Å². The Bertz CT molecular complexity index is 372. The van der Waals surface area contributed by atoms with Gasteiger partial charge in [0.2, 0.25) is 0 Å². The van der Waals surface area contributed by atoms with Gasteiger partial charge in [-0.3, -0.25) is 0 Å². The van der Waals surface area contributed by atoms with Gasteiger partial charge in [-0.1, -0.05) is 13.8 Å². The summed E-state index contributed by atoms with van der Waals surface area (Å²) in [6.07, 6.45) is 8.06. The van der Waals surface area contributed by atoms with Crippen molar-refractivity contribution >= 4 is 0 Å². The first-order valence-corrected chi connectivity index (χ1v) is 9.87. The molecule has 24 heavy (non-hydrogen) atoms. The van der Waals surface area contributed by atoms with Crippen LogP contribution in [0.3, 0.4) is 0 Å². The van der Waals surface area contributed by atoms with Crippen LogP contribution in [0.2, 0.25) is 0 Å². The largest absolute Gasteiger partial charge is 0.326 e. The fourth-order valence-electron chi connectivity index (χ4n) is 4.02. The van der Waals surface area contributed by atoms with E-state index < -0.39 is 0 Å². The third kappa shape index (κ3) is 6.62. The van der Waals surface area contributed by atoms with Crippen LogP contribution in [0.1, 0.15) is 86.5 Å². The third-order valence-corrected chi connectivity index (χ3v) is 6.58. The average Bonchev–Trinajstić information content (AvgIpc) is 2.40. The monoisotopic (exact) mass is 340 g/mol. The Balaban J connectivity index is 0.000000240. The molecule has 8 N–H and O–H groups in total. The summed E-state index contributed by atoms with van der Waals surface area (Å²) < 4.78 is 0. The van der Waals surface area contributed by atoms with Crippen molar-refractivity contribution in [1.29, 1.82) is 0 Å². The maximum absolute atomic E-state index is 6.06. The standard InChI is InChI=1S/2C10H22N2/c1-9(2,11)8-4-6-10(3,12)7-5-8;1-7(2)8-4-5-10(3,12)9(11)6-8/h8H,4-7,11-12H2,1-3H3;7-9H,4-6,11-12H2,1-3H3. The molecule has 0 saturated heterocycles. The van der Waals surface area contributed by atoms with Crippen LogP contribution in [0.4, 0.5) is 0 Å². The van der Waals surface area contributed by atoms with E-state index in [0.29, 0.717) is 5.92 Å². The molecule has 4 nitrogen and oxygen atoms in total. The third-order valence-electron chi connectivity index (χ3n) is 6.58. The van der Waals surface area contributed by atoms with Crippen molar-refractivity contribution in [2.75, 3.05) is 0 Å². The topological polar surface area (TPSA) is 104 Å². The van der Waals surface area contributed by atoms with Gasteiger partial charge in [0, 0.05) is 22.7 Å². The second-order valence-electron chi connectivity index (χ2n) is 10.1. The highest BCUT2D eigenvalue weighted by Gasteiger charge is 2.35. The molecular formula is C20H44N4. The lowest BCUT2D eigenvalue weighted by atomic mass is 9.71. The van der Waals surface area contributed by atoms with Crippen LogP contribution in [-0.2, 0) is 0 Å². The zero-order valence-electron chi connectivity index (χ0n) is 17.1. The predicted molar refractivity (Wildman–Crippen MR) is 106 cm³/mol. The van der Waals surface area contributed by atoms with Gasteiger partial charge in [-0.05, 0) is 90.4 Å². The Morgan fingerprint density at radius 1 is 0.958 bits per heavy atom. The lowest BCUT2D eigenvalue weighted by Crippen LogP contribution is -2.56. The van der Waals surface area contributed by atoms with Crippen LogP contribution in [-0.4, -0.2) is 22.7 Å². The molecule has 0 aromatic heterocycles. The maximum Gasteiger partial charge on any atom is 0.0279 e. The smallest absolute Gasteiger partial charge is 0.0279 e. The first-order valence-electron chi connectivity index (χ1n) is 9.87. The van der Waals surface area contributed by atoms with Gasteiger partial charge in [0.15, 0.2) is 0 Å². The van der Waals surface area contributed by atoms with Crippen molar-refractivity contribution < 1.29 is 0 Å². The molecule has 144 valence electrons. The van der Waals surface area contributed by atoms with Gasteiger partial charge in [-0.15, -0.1) is 0 Å². The summed E-state index contributed by atoms with van der Waals surface area (Å²) in [5, 5.41) is 0. The summed E-state index contributed by atoms with van der Waals surface area (Å²) in [5.74, 6) is 2.21. The van der Waals surface area contributed by atoms with Crippen LogP contribution in [0.25, 0.3) is 0 Å². The van der Waals surface area contributed by atoms with E-state index in [2.05, 4.69) is 41.5 Å². The Morgan fingerprint density at radius 2 is 1.46 bits per heavy atom. The molecule has 2 rings (SSSR count). The quantitative estimate of drug-likeness (QED) is 0.620. The Kier molecular flexibility index (Phi) is 7.32. The molecule has 4 heteroatoms. The van der Waals surface area contributed by atoms with Gasteiger partial charge in [0.05, 0.1) is 0 Å². The van der Waals surface area contributed by atoms with Gasteiger partial charge in [-0.25, -0.2) is 0 Å². The normalized spacial score (nSPS) is 40.9. The fraction of sp³-hybridized carbons (Fsp3) is 1.00. The molecule has 2 saturated carbocycles. The van der Waals surface area contributed by atoms with Crippen LogP contribution in [0, 0.1) is 17.8 Å². The molecule has 0 heterocycles. The SMILES string of the molecule is CC(C)C1CCC(C)(N)C(N)C1.CC1(N)CCC(C(C)(C)N)CC1. The predicted octanol–water partition coefficient (Wildman–Crippen LogP) is 3.12. The Hall–Kier alpha value is -0.160. The maximum atomic E-state index is 6.06. The van der Waals surface area contributed by atoms with Crippen molar-refractivity contribution in [2.45, 2.75) is 109 Å². The number of nitrogens with two attached hydrogens (primary N) is 4. The Morgan fingerprint density at radius 3 is 1.83 bits per heavy atom. The number of rotatable bonds is 2. The van der Waals surface area contributed by atoms with Crippen LogP contribution >= 0.6 is 0 Å². The fourth-order valence-corrected chi connectivity index (χ4v) is 4.02. The molecule has 2 fully saturated rings. The molecule has 2 aliphatic rings. The first-order chi connectivity index (χ1) is 10.7. The molecule has 2 aliphatic carbocycles. The summed E-state index contributed by atoms with van der Waals surface area (Å²) in [6, 6.07) is 0.193. The molecule has 0 amide bonds. The van der Waals surface area contributed by atoms with Crippen molar-refractivity contribution in [3.8, 4) is 0 Å². The molecule has 0 aromatic rings. The lowest BCUT2D eigenvalue weighted by molar-refractivity contribution is 0.179. The van der Waals surface area contributed by atoms with Crippen molar-refractivity contribution in [3.05, 3.63) is 0 Å². The number of hydrogen-bond acceptors (Lipinski definition) is 4. The minimum Gasteiger partial charge on any atom is -0.326 e. The summed E-state index contributed by atoms with van der Waals surface area (Å²) >= 11 is 0. The van der Waals surface area contributed by atoms with E-state index in [1.54, 1.807) is 0 Å². The second kappa shape index (κ2) is 8.03. The minimum absolute atomic E-state index is 0.0174. The summed E-state index contributed by atoms with van der Waals surface area (Å²) in [5.41, 5.74) is 24.1. The molecule has 0 bridgehead atoms. The highest BCUT2D eigenvalue weighted by Crippen LogP contribution is 2.35. The molecule has 3 unspecified atom stereocenters. The molecule has 0 aliphatic heterocycles. The minimum atomic E-state index is -0.120. The number of hydrogen-bond donors (Lipinski definition) is 4. The summed E-state index contributed by atoms with van der Waals surface area (Å²) in [7, 11) is 0. The zero-order valence-corrected chi connectivity index (χ0v) is 17.1. The zero-order chi connectivity index (χ0) is 18.8. The average molecular weight is 341 g/mol. The van der Waals surface area contributed by atoms with E-state index in [-0.39, 0.29) is 22.7 Å². The van der Waals surface area contributed by atoms with Gasteiger partial charge in [-0.2, -0.15) is 0 Å². The van der Waals surface area contributed by atoms with E-state index in [4.69, 9.17) is 22.9 Å². The van der Waals surface area contributed by atoms with E-state index in [1.807, 2.05) is 0 Å². The van der Waals surface area contributed by atoms with E-state index in [1.165, 1.54) is 19.3 Å². The highest BCUT2D eigenvalue weighted by molar-refractivity contribution is 4.96. The van der Waals surface area contributed by atoms with Crippen LogP contribution < -0.4 is 22.9 Å². The van der Waals surface area contributed by atoms with Crippen molar-refractivity contribution in [3.63, 3.8) is 0 Å². The molecule has 0 radical (unpaired) electrons. The Labute approximate surface area is 150 Å². The van der Waals surface area contributed by atoms with Crippen LogP contribution in [0.15, 0.2) is 0 Å². The van der Waals surface area contributed by atoms with Crippen molar-refractivity contribution in [1.82, 2.24) is 0 Å². The molecule has 3 atom stereocenters. The molecule has 0 spiro atoms. The van der Waals surface area contributed by atoms with E-state index in [0.717, 1.165) is 37.5 Å².